The summed E-state index contributed by atoms with van der Waals surface area (Å²) < 4.78 is 5.76. The molecule has 1 aliphatic rings. The van der Waals surface area contributed by atoms with Gasteiger partial charge in [0.05, 0.1) is 0 Å². The van der Waals surface area contributed by atoms with Crippen LogP contribution in [-0.2, 0) is 0 Å². The van der Waals surface area contributed by atoms with Crippen LogP contribution in [0, 0.1) is 0 Å². The van der Waals surface area contributed by atoms with E-state index in [1.807, 2.05) is 30.3 Å². The van der Waals surface area contributed by atoms with Gasteiger partial charge in [0.15, 0.2) is 0 Å². The molecule has 1 unspecified atom stereocenters. The number of nitrogens with zero attached hydrogens (tertiary/aromatic N) is 1. The van der Waals surface area contributed by atoms with Crippen molar-refractivity contribution < 1.29 is 4.74 Å². The lowest BCUT2D eigenvalue weighted by Gasteiger charge is -2.32. The average molecular weight is 220 g/mol. The van der Waals surface area contributed by atoms with Crippen LogP contribution in [0.15, 0.2) is 30.3 Å². The molecular weight excluding hydrogens is 200 g/mol. The van der Waals surface area contributed by atoms with E-state index in [9.17, 15) is 0 Å². The minimum Gasteiger partial charge on any atom is -0.492 e. The van der Waals surface area contributed by atoms with Crippen LogP contribution >= 0.6 is 0 Å². The normalized spacial score (nSPS) is 19.3. The Hall–Kier alpha value is -1.06. The predicted molar refractivity (Wildman–Crippen MR) is 65.8 cm³/mol. The summed E-state index contributed by atoms with van der Waals surface area (Å²) in [6, 6.07) is 10.5. The first-order valence-corrected chi connectivity index (χ1v) is 5.99. The molecule has 1 aliphatic heterocycles. The molecule has 0 saturated carbocycles. The number of hydrogen-bond acceptors (Lipinski definition) is 3. The molecule has 1 fully saturated rings. The highest BCUT2D eigenvalue weighted by molar-refractivity contribution is 5.20. The maximum atomic E-state index is 5.76. The van der Waals surface area contributed by atoms with Gasteiger partial charge in [0.1, 0.15) is 12.4 Å². The number of para-hydroxylation sites is 1. The van der Waals surface area contributed by atoms with Crippen molar-refractivity contribution in [3.8, 4) is 5.75 Å². The van der Waals surface area contributed by atoms with E-state index in [-0.39, 0.29) is 0 Å². The second-order valence-corrected chi connectivity index (χ2v) is 4.26. The van der Waals surface area contributed by atoms with Crippen LogP contribution < -0.4 is 10.1 Å². The van der Waals surface area contributed by atoms with Crippen molar-refractivity contribution in [1.82, 2.24) is 10.2 Å². The zero-order chi connectivity index (χ0) is 11.2. The van der Waals surface area contributed by atoms with Crippen LogP contribution in [0.1, 0.15) is 6.92 Å². The van der Waals surface area contributed by atoms with E-state index in [0.29, 0.717) is 6.04 Å². The van der Waals surface area contributed by atoms with Gasteiger partial charge in [0.25, 0.3) is 0 Å². The van der Waals surface area contributed by atoms with Crippen LogP contribution in [0.4, 0.5) is 0 Å². The van der Waals surface area contributed by atoms with Gasteiger partial charge in [-0.15, -0.1) is 0 Å². The Morgan fingerprint density at radius 1 is 1.25 bits per heavy atom. The number of piperazine rings is 1. The number of hydrogen-bond donors (Lipinski definition) is 1. The maximum absolute atomic E-state index is 5.76. The van der Waals surface area contributed by atoms with E-state index >= 15 is 0 Å². The molecule has 0 aliphatic carbocycles. The van der Waals surface area contributed by atoms with Crippen molar-refractivity contribution in [3.63, 3.8) is 0 Å². The molecule has 0 bridgehead atoms. The van der Waals surface area contributed by atoms with E-state index in [4.69, 9.17) is 4.74 Å². The van der Waals surface area contributed by atoms with E-state index in [2.05, 4.69) is 17.1 Å². The monoisotopic (exact) mass is 220 g/mol. The first-order valence-electron chi connectivity index (χ1n) is 5.99. The molecule has 3 heteroatoms. The smallest absolute Gasteiger partial charge is 0.119 e. The molecule has 2 rings (SSSR count). The maximum Gasteiger partial charge on any atom is 0.119 e. The van der Waals surface area contributed by atoms with Crippen molar-refractivity contribution in [2.24, 2.45) is 0 Å². The second kappa shape index (κ2) is 5.87. The lowest BCUT2D eigenvalue weighted by molar-refractivity contribution is 0.132. The van der Waals surface area contributed by atoms with Gasteiger partial charge in [-0.1, -0.05) is 18.2 Å². The highest BCUT2D eigenvalue weighted by atomic mass is 16.5. The van der Waals surface area contributed by atoms with Crippen LogP contribution in [-0.4, -0.2) is 43.7 Å². The molecule has 0 radical (unpaired) electrons. The predicted octanol–water partition coefficient (Wildman–Crippen LogP) is 1.36. The first-order chi connectivity index (χ1) is 7.86. The highest BCUT2D eigenvalue weighted by Gasteiger charge is 2.16. The molecule has 1 atom stereocenters. The molecule has 1 saturated heterocycles. The number of nitrogens with one attached hydrogen (secondary N) is 1. The Morgan fingerprint density at radius 2 is 1.94 bits per heavy atom. The van der Waals surface area contributed by atoms with Gasteiger partial charge < -0.3 is 10.1 Å². The van der Waals surface area contributed by atoms with Crippen LogP contribution in [0.25, 0.3) is 0 Å². The summed E-state index contributed by atoms with van der Waals surface area (Å²) in [7, 11) is 0. The van der Waals surface area contributed by atoms with Crippen LogP contribution in [0.5, 0.6) is 5.75 Å². The molecule has 1 aromatic carbocycles. The zero-order valence-corrected chi connectivity index (χ0v) is 9.86. The van der Waals surface area contributed by atoms with Gasteiger partial charge in [-0.05, 0) is 19.1 Å². The second-order valence-electron chi connectivity index (χ2n) is 4.26. The van der Waals surface area contributed by atoms with E-state index in [1.165, 1.54) is 0 Å². The van der Waals surface area contributed by atoms with Gasteiger partial charge in [0, 0.05) is 32.2 Å². The van der Waals surface area contributed by atoms with E-state index < -0.39 is 0 Å². The van der Waals surface area contributed by atoms with E-state index in [0.717, 1.165) is 38.5 Å². The topological polar surface area (TPSA) is 24.5 Å². The van der Waals surface area contributed by atoms with Crippen molar-refractivity contribution in [1.29, 1.82) is 0 Å². The Bertz CT molecular complexity index is 296. The third-order valence-electron chi connectivity index (χ3n) is 3.01. The van der Waals surface area contributed by atoms with E-state index in [1.54, 1.807) is 0 Å². The van der Waals surface area contributed by atoms with Gasteiger partial charge in [-0.25, -0.2) is 0 Å². The van der Waals surface area contributed by atoms with Crippen molar-refractivity contribution >= 4 is 0 Å². The van der Waals surface area contributed by atoms with Gasteiger partial charge in [-0.3, -0.25) is 4.90 Å². The van der Waals surface area contributed by atoms with Crippen molar-refractivity contribution in [3.05, 3.63) is 30.3 Å². The minimum atomic E-state index is 0.488. The molecule has 1 heterocycles. The average Bonchev–Trinajstić information content (AvgIpc) is 2.38. The molecule has 0 spiro atoms. The summed E-state index contributed by atoms with van der Waals surface area (Å²) in [5.41, 5.74) is 0. The Morgan fingerprint density at radius 3 is 2.62 bits per heavy atom. The summed E-state index contributed by atoms with van der Waals surface area (Å²) in [6.07, 6.45) is 0. The standard InChI is InChI=1S/C13H20N2O/c1-12(15-9-7-14-8-10-15)11-16-13-5-3-2-4-6-13/h2-6,12,14H,7-11H2,1H3. The summed E-state index contributed by atoms with van der Waals surface area (Å²) >= 11 is 0. The zero-order valence-electron chi connectivity index (χ0n) is 9.86. The Kier molecular flexibility index (Phi) is 4.19. The largest absolute Gasteiger partial charge is 0.492 e. The third-order valence-corrected chi connectivity index (χ3v) is 3.01. The third kappa shape index (κ3) is 3.22. The van der Waals surface area contributed by atoms with Gasteiger partial charge in [-0.2, -0.15) is 0 Å². The fourth-order valence-electron chi connectivity index (χ4n) is 1.96. The SMILES string of the molecule is CC(COc1ccccc1)N1CCNCC1. The number of ether oxygens (including phenoxy) is 1. The summed E-state index contributed by atoms with van der Waals surface area (Å²) in [4.78, 5) is 2.47. The molecule has 0 amide bonds. The Balaban J connectivity index is 1.76. The van der Waals surface area contributed by atoms with Crippen molar-refractivity contribution in [2.45, 2.75) is 13.0 Å². The lowest BCUT2D eigenvalue weighted by atomic mass is 10.2. The fourth-order valence-corrected chi connectivity index (χ4v) is 1.96. The minimum absolute atomic E-state index is 0.488. The molecule has 16 heavy (non-hydrogen) atoms. The molecule has 1 N–H and O–H groups in total. The Labute approximate surface area is 97.4 Å². The van der Waals surface area contributed by atoms with Crippen LogP contribution in [0.3, 0.4) is 0 Å². The molecule has 3 nitrogen and oxygen atoms in total. The lowest BCUT2D eigenvalue weighted by Crippen LogP contribution is -2.49. The highest BCUT2D eigenvalue weighted by Crippen LogP contribution is 2.10. The molecular formula is C13H20N2O. The summed E-state index contributed by atoms with van der Waals surface area (Å²) in [6.45, 7) is 7.43. The van der Waals surface area contributed by atoms with Gasteiger partial charge >= 0.3 is 0 Å². The fraction of sp³-hybridized carbons (Fsp3) is 0.538. The number of benzene rings is 1. The summed E-state index contributed by atoms with van der Waals surface area (Å²) in [5, 5.41) is 3.36. The summed E-state index contributed by atoms with van der Waals surface area (Å²) in [5.74, 6) is 0.962. The quantitative estimate of drug-likeness (QED) is 0.829. The molecule has 0 aromatic heterocycles. The molecule has 1 aromatic rings. The first kappa shape index (κ1) is 11.4. The van der Waals surface area contributed by atoms with Crippen LogP contribution in [0.2, 0.25) is 0 Å². The number of rotatable bonds is 4. The van der Waals surface area contributed by atoms with Crippen molar-refractivity contribution in [2.75, 3.05) is 32.8 Å². The van der Waals surface area contributed by atoms with Gasteiger partial charge in [0.2, 0.25) is 0 Å². The molecule has 88 valence electrons.